The quantitative estimate of drug-likeness (QED) is 0.912. The van der Waals surface area contributed by atoms with Crippen LogP contribution in [0.2, 0.25) is 0 Å². The van der Waals surface area contributed by atoms with Crippen molar-refractivity contribution in [3.63, 3.8) is 0 Å². The molecule has 3 rings (SSSR count). The van der Waals surface area contributed by atoms with Gasteiger partial charge in [-0.2, -0.15) is 0 Å². The molecule has 0 bridgehead atoms. The Kier molecular flexibility index (Phi) is 3.48. The summed E-state index contributed by atoms with van der Waals surface area (Å²) in [6, 6.07) is 5.22. The average Bonchev–Trinajstić information content (AvgIpc) is 2.52. The van der Waals surface area contributed by atoms with Crippen LogP contribution >= 0.6 is 0 Å². The third kappa shape index (κ3) is 2.01. The molecule has 0 saturated heterocycles. The van der Waals surface area contributed by atoms with Crippen LogP contribution in [0, 0.1) is 0 Å². The highest BCUT2D eigenvalue weighted by Crippen LogP contribution is 2.50. The van der Waals surface area contributed by atoms with E-state index in [1.807, 2.05) is 0 Å². The predicted molar refractivity (Wildman–Crippen MR) is 82.3 cm³/mol. The van der Waals surface area contributed by atoms with Crippen LogP contribution in [0.3, 0.4) is 0 Å². The first-order chi connectivity index (χ1) is 10.6. The van der Waals surface area contributed by atoms with Crippen molar-refractivity contribution in [1.82, 2.24) is 0 Å². The average molecular weight is 302 g/mol. The van der Waals surface area contributed by atoms with E-state index in [0.717, 1.165) is 35.1 Å². The van der Waals surface area contributed by atoms with E-state index in [1.54, 1.807) is 25.3 Å². The number of methoxy groups -OCH3 is 3. The molecule has 5 heteroatoms. The van der Waals surface area contributed by atoms with Gasteiger partial charge in [-0.05, 0) is 47.7 Å². The summed E-state index contributed by atoms with van der Waals surface area (Å²) in [5, 5.41) is 20.1. The molecule has 0 unspecified atom stereocenters. The van der Waals surface area contributed by atoms with Gasteiger partial charge in [-0.3, -0.25) is 0 Å². The maximum atomic E-state index is 10.1. The molecule has 5 nitrogen and oxygen atoms in total. The molecule has 2 aromatic carbocycles. The topological polar surface area (TPSA) is 68.2 Å². The molecular weight excluding hydrogens is 284 g/mol. The third-order valence-corrected chi connectivity index (χ3v) is 4.04. The predicted octanol–water partition coefficient (Wildman–Crippen LogP) is 2.89. The summed E-state index contributed by atoms with van der Waals surface area (Å²) in [6.45, 7) is 0. The van der Waals surface area contributed by atoms with Crippen molar-refractivity contribution >= 4 is 0 Å². The van der Waals surface area contributed by atoms with E-state index in [2.05, 4.69) is 0 Å². The van der Waals surface area contributed by atoms with Crippen LogP contribution in [0.25, 0.3) is 11.1 Å². The maximum absolute atomic E-state index is 10.1. The van der Waals surface area contributed by atoms with Crippen molar-refractivity contribution in [1.29, 1.82) is 0 Å². The first-order valence-electron chi connectivity index (χ1n) is 6.97. The fourth-order valence-corrected chi connectivity index (χ4v) is 3.05. The summed E-state index contributed by atoms with van der Waals surface area (Å²) in [5.41, 5.74) is 3.79. The molecule has 0 radical (unpaired) electrons. The van der Waals surface area contributed by atoms with Crippen molar-refractivity contribution in [3.05, 3.63) is 29.3 Å². The van der Waals surface area contributed by atoms with Crippen LogP contribution < -0.4 is 14.2 Å². The molecular formula is C17H18O5. The van der Waals surface area contributed by atoms with E-state index < -0.39 is 0 Å². The molecule has 0 atom stereocenters. The van der Waals surface area contributed by atoms with E-state index in [4.69, 9.17) is 14.2 Å². The molecule has 22 heavy (non-hydrogen) atoms. The lowest BCUT2D eigenvalue weighted by Gasteiger charge is -2.25. The first-order valence-corrected chi connectivity index (χ1v) is 6.97. The summed E-state index contributed by atoms with van der Waals surface area (Å²) in [5.74, 6) is 1.38. The van der Waals surface area contributed by atoms with Crippen molar-refractivity contribution in [2.45, 2.75) is 12.8 Å². The number of ether oxygens (including phenoxy) is 3. The molecule has 0 spiro atoms. The van der Waals surface area contributed by atoms with Crippen LogP contribution in [0.15, 0.2) is 18.2 Å². The molecule has 0 aromatic heterocycles. The minimum absolute atomic E-state index is 0.0623. The standard InChI is InChI=1S/C17H18O5/c1-20-14-8-11-9(6-12(14)18)4-5-10-7-13(19)16(21-2)17(22-3)15(10)11/h6-8,18-19H,4-5H2,1-3H3. The molecule has 0 heterocycles. The number of phenolic OH excluding ortho intramolecular Hbond substituents is 2. The van der Waals surface area contributed by atoms with Crippen molar-refractivity contribution < 1.29 is 24.4 Å². The Morgan fingerprint density at radius 2 is 1.41 bits per heavy atom. The van der Waals surface area contributed by atoms with Crippen LogP contribution in [0.1, 0.15) is 11.1 Å². The van der Waals surface area contributed by atoms with Gasteiger partial charge < -0.3 is 24.4 Å². The molecule has 2 N–H and O–H groups in total. The first kappa shape index (κ1) is 14.4. The summed E-state index contributed by atoms with van der Waals surface area (Å²) in [6.07, 6.45) is 1.52. The van der Waals surface area contributed by atoms with Crippen molar-refractivity contribution in [2.24, 2.45) is 0 Å². The normalized spacial score (nSPS) is 12.3. The zero-order valence-corrected chi connectivity index (χ0v) is 12.8. The van der Waals surface area contributed by atoms with Crippen molar-refractivity contribution in [3.8, 4) is 39.9 Å². The van der Waals surface area contributed by atoms with Gasteiger partial charge in [0.15, 0.2) is 23.0 Å². The Morgan fingerprint density at radius 3 is 2.05 bits per heavy atom. The highest BCUT2D eigenvalue weighted by atomic mass is 16.5. The SMILES string of the molecule is COc1cc2c(cc1O)CCc1cc(O)c(OC)c(OC)c1-2. The number of benzene rings is 2. The van der Waals surface area contributed by atoms with Crippen LogP contribution in [0.4, 0.5) is 0 Å². The Balaban J connectivity index is 2.33. The highest BCUT2D eigenvalue weighted by molar-refractivity contribution is 5.84. The zero-order valence-electron chi connectivity index (χ0n) is 12.8. The lowest BCUT2D eigenvalue weighted by atomic mass is 9.84. The van der Waals surface area contributed by atoms with Gasteiger partial charge in [0, 0.05) is 5.56 Å². The molecule has 0 fully saturated rings. The zero-order chi connectivity index (χ0) is 15.9. The fraction of sp³-hybridized carbons (Fsp3) is 0.294. The molecule has 0 amide bonds. The number of hydrogen-bond donors (Lipinski definition) is 2. The summed E-state index contributed by atoms with van der Waals surface area (Å²) in [4.78, 5) is 0. The second-order valence-electron chi connectivity index (χ2n) is 5.18. The van der Waals surface area contributed by atoms with Crippen LogP contribution in [-0.4, -0.2) is 31.5 Å². The maximum Gasteiger partial charge on any atom is 0.203 e. The Hall–Kier alpha value is -2.56. The molecule has 2 aromatic rings. The Morgan fingerprint density at radius 1 is 0.773 bits per heavy atom. The van der Waals surface area contributed by atoms with Gasteiger partial charge in [0.2, 0.25) is 5.75 Å². The van der Waals surface area contributed by atoms with E-state index in [0.29, 0.717) is 17.2 Å². The summed E-state index contributed by atoms with van der Waals surface area (Å²) < 4.78 is 16.0. The van der Waals surface area contributed by atoms with Gasteiger partial charge in [0.1, 0.15) is 0 Å². The van der Waals surface area contributed by atoms with Gasteiger partial charge >= 0.3 is 0 Å². The lowest BCUT2D eigenvalue weighted by molar-refractivity contribution is 0.333. The smallest absolute Gasteiger partial charge is 0.203 e. The lowest BCUT2D eigenvalue weighted by Crippen LogP contribution is -2.07. The van der Waals surface area contributed by atoms with Gasteiger partial charge in [-0.15, -0.1) is 0 Å². The molecule has 0 aliphatic heterocycles. The second-order valence-corrected chi connectivity index (χ2v) is 5.18. The Bertz CT molecular complexity index is 737. The van der Waals surface area contributed by atoms with Gasteiger partial charge in [-0.25, -0.2) is 0 Å². The van der Waals surface area contributed by atoms with Gasteiger partial charge in [0.25, 0.3) is 0 Å². The number of phenols is 2. The molecule has 1 aliphatic rings. The summed E-state index contributed by atoms with van der Waals surface area (Å²) in [7, 11) is 4.55. The van der Waals surface area contributed by atoms with E-state index >= 15 is 0 Å². The largest absolute Gasteiger partial charge is 0.504 e. The Labute approximate surface area is 128 Å². The fourth-order valence-electron chi connectivity index (χ4n) is 3.05. The van der Waals surface area contributed by atoms with E-state index in [1.165, 1.54) is 14.2 Å². The van der Waals surface area contributed by atoms with Crippen LogP contribution in [-0.2, 0) is 12.8 Å². The number of fused-ring (bicyclic) bond motifs is 3. The third-order valence-electron chi connectivity index (χ3n) is 4.04. The van der Waals surface area contributed by atoms with Gasteiger partial charge in [0.05, 0.1) is 21.3 Å². The number of aryl methyl sites for hydroxylation is 2. The summed E-state index contributed by atoms with van der Waals surface area (Å²) >= 11 is 0. The minimum Gasteiger partial charge on any atom is -0.504 e. The van der Waals surface area contributed by atoms with Crippen molar-refractivity contribution in [2.75, 3.05) is 21.3 Å². The number of rotatable bonds is 3. The monoisotopic (exact) mass is 302 g/mol. The van der Waals surface area contributed by atoms with Gasteiger partial charge in [-0.1, -0.05) is 0 Å². The molecule has 0 saturated carbocycles. The minimum atomic E-state index is 0.0623. The van der Waals surface area contributed by atoms with Crippen LogP contribution in [0.5, 0.6) is 28.7 Å². The number of hydrogen-bond acceptors (Lipinski definition) is 5. The number of aromatic hydroxyl groups is 2. The van der Waals surface area contributed by atoms with E-state index in [-0.39, 0.29) is 11.5 Å². The highest BCUT2D eigenvalue weighted by Gasteiger charge is 2.26. The molecule has 116 valence electrons. The van der Waals surface area contributed by atoms with E-state index in [9.17, 15) is 10.2 Å². The second kappa shape index (κ2) is 5.33. The molecule has 1 aliphatic carbocycles.